The zero-order valence-electron chi connectivity index (χ0n) is 38.7. The minimum absolute atomic E-state index is 0.000727. The second-order valence-electron chi connectivity index (χ2n) is 15.7. The Hall–Kier alpha value is -4.00. The molecule has 3 N–H and O–H groups in total. The van der Waals surface area contributed by atoms with Gasteiger partial charge in [-0.3, -0.25) is 9.59 Å². The Labute approximate surface area is 373 Å². The first-order valence-corrected chi connectivity index (χ1v) is 24.1. The minimum Gasteiger partial charge on any atom is -0.462 e. The molecule has 0 aromatic rings. The number of hydrogen-bond acceptors (Lipinski definition) is 5. The fourth-order valence-electron chi connectivity index (χ4n) is 6.43. The molecular formula is C55H87NO5. The number of allylic oxidation sites excluding steroid dienone is 22. The van der Waals surface area contributed by atoms with E-state index in [-0.39, 0.29) is 24.9 Å². The summed E-state index contributed by atoms with van der Waals surface area (Å²) in [6, 6.07) is -0.744. The van der Waals surface area contributed by atoms with Gasteiger partial charge in [-0.15, -0.1) is 0 Å². The Morgan fingerprint density at radius 1 is 0.492 bits per heavy atom. The number of aliphatic hydroxyl groups excluding tert-OH is 2. The molecule has 0 aliphatic carbocycles. The van der Waals surface area contributed by atoms with Crippen molar-refractivity contribution in [3.63, 3.8) is 0 Å². The first kappa shape index (κ1) is 57.0. The first-order chi connectivity index (χ1) is 30.0. The number of aliphatic hydroxyl groups is 2. The van der Waals surface area contributed by atoms with Crippen LogP contribution < -0.4 is 5.32 Å². The van der Waals surface area contributed by atoms with Gasteiger partial charge in [-0.1, -0.05) is 238 Å². The molecule has 0 spiro atoms. The number of unbranched alkanes of at least 4 members (excludes halogenated alkanes) is 15. The third-order valence-corrected chi connectivity index (χ3v) is 10.0. The number of carbonyl (C=O) groups excluding carboxylic acids is 2. The van der Waals surface area contributed by atoms with E-state index in [1.807, 2.05) is 109 Å². The number of nitrogens with one attached hydrogen (secondary N) is 1. The van der Waals surface area contributed by atoms with Gasteiger partial charge in [-0.25, -0.2) is 0 Å². The number of esters is 1. The highest BCUT2D eigenvalue weighted by atomic mass is 16.5. The highest BCUT2D eigenvalue weighted by molar-refractivity contribution is 5.77. The quantitative estimate of drug-likeness (QED) is 0.0324. The molecule has 3 atom stereocenters. The highest BCUT2D eigenvalue weighted by Gasteiger charge is 2.24. The highest BCUT2D eigenvalue weighted by Crippen LogP contribution is 2.16. The molecule has 0 saturated carbocycles. The van der Waals surface area contributed by atoms with Gasteiger partial charge in [0.2, 0.25) is 5.91 Å². The number of carbonyl (C=O) groups is 2. The molecule has 0 radical (unpaired) electrons. The molecule has 1 amide bonds. The van der Waals surface area contributed by atoms with Gasteiger partial charge in [-0.2, -0.15) is 0 Å². The van der Waals surface area contributed by atoms with E-state index >= 15 is 0 Å². The van der Waals surface area contributed by atoms with Crippen LogP contribution in [0.25, 0.3) is 0 Å². The van der Waals surface area contributed by atoms with E-state index in [9.17, 15) is 19.8 Å². The van der Waals surface area contributed by atoms with Crippen LogP contribution in [0.1, 0.15) is 175 Å². The summed E-state index contributed by atoms with van der Waals surface area (Å²) in [4.78, 5) is 26.1. The largest absolute Gasteiger partial charge is 0.462 e. The van der Waals surface area contributed by atoms with Crippen molar-refractivity contribution >= 4 is 11.9 Å². The van der Waals surface area contributed by atoms with Crippen LogP contribution in [0.2, 0.25) is 0 Å². The molecule has 0 aromatic heterocycles. The number of ether oxygens (including phenoxy) is 1. The van der Waals surface area contributed by atoms with E-state index in [0.717, 1.165) is 70.6 Å². The predicted molar refractivity (Wildman–Crippen MR) is 263 cm³/mol. The lowest BCUT2D eigenvalue weighted by Crippen LogP contribution is -2.46. The van der Waals surface area contributed by atoms with Gasteiger partial charge in [0.1, 0.15) is 6.10 Å². The van der Waals surface area contributed by atoms with Gasteiger partial charge in [0.25, 0.3) is 0 Å². The Kier molecular flexibility index (Phi) is 44.0. The summed E-state index contributed by atoms with van der Waals surface area (Å²) >= 11 is 0. The molecule has 0 aliphatic rings. The summed E-state index contributed by atoms with van der Waals surface area (Å²) in [5, 5.41) is 23.7. The molecule has 3 unspecified atom stereocenters. The second kappa shape index (κ2) is 47.1. The monoisotopic (exact) mass is 842 g/mol. The number of hydrogen-bond donors (Lipinski definition) is 3. The van der Waals surface area contributed by atoms with E-state index in [1.54, 1.807) is 0 Å². The van der Waals surface area contributed by atoms with Crippen molar-refractivity contribution in [2.24, 2.45) is 0 Å². The molecule has 0 fully saturated rings. The van der Waals surface area contributed by atoms with Gasteiger partial charge in [0.15, 0.2) is 0 Å². The van der Waals surface area contributed by atoms with Crippen molar-refractivity contribution in [2.45, 2.75) is 193 Å². The van der Waals surface area contributed by atoms with Crippen LogP contribution in [0.5, 0.6) is 0 Å². The third kappa shape index (κ3) is 42.5. The van der Waals surface area contributed by atoms with Crippen LogP contribution in [0, 0.1) is 0 Å². The van der Waals surface area contributed by atoms with Crippen molar-refractivity contribution in [2.75, 3.05) is 6.61 Å². The molecule has 0 aliphatic heterocycles. The fraction of sp³-hybridized carbons (Fsp3) is 0.564. The maximum atomic E-state index is 13.2. The van der Waals surface area contributed by atoms with Crippen LogP contribution in [-0.2, 0) is 14.3 Å². The summed E-state index contributed by atoms with van der Waals surface area (Å²) < 4.78 is 5.86. The van der Waals surface area contributed by atoms with Crippen LogP contribution in [0.3, 0.4) is 0 Å². The predicted octanol–water partition coefficient (Wildman–Crippen LogP) is 14.3. The summed E-state index contributed by atoms with van der Waals surface area (Å²) in [5.41, 5.74) is 0. The summed E-state index contributed by atoms with van der Waals surface area (Å²) in [5.74, 6) is -0.616. The Balaban J connectivity index is 4.87. The van der Waals surface area contributed by atoms with E-state index in [1.165, 1.54) is 57.8 Å². The zero-order chi connectivity index (χ0) is 44.5. The second-order valence-corrected chi connectivity index (χ2v) is 15.7. The van der Waals surface area contributed by atoms with E-state index in [4.69, 9.17) is 4.74 Å². The van der Waals surface area contributed by atoms with Crippen molar-refractivity contribution < 1.29 is 24.5 Å². The average molecular weight is 842 g/mol. The normalized spacial score (nSPS) is 14.5. The van der Waals surface area contributed by atoms with Gasteiger partial charge in [-0.05, 0) is 57.8 Å². The number of amides is 1. The van der Waals surface area contributed by atoms with E-state index in [2.05, 4.69) is 50.4 Å². The molecule has 6 nitrogen and oxygen atoms in total. The molecular weight excluding hydrogens is 755 g/mol. The fourth-order valence-corrected chi connectivity index (χ4v) is 6.43. The van der Waals surface area contributed by atoms with Gasteiger partial charge >= 0.3 is 5.97 Å². The van der Waals surface area contributed by atoms with Crippen molar-refractivity contribution in [3.8, 4) is 0 Å². The maximum Gasteiger partial charge on any atom is 0.306 e. The first-order valence-electron chi connectivity index (χ1n) is 24.1. The SMILES string of the molecule is CC\C=C/C=C/C=C/C=C\C=C\C=C\CCCC(CC(=O)NC(CO)C(O)CCCCCCCCCCCCCC)OC(=O)CCCCC/C=C/C=C\C=C/C=C/C=C/CC. The van der Waals surface area contributed by atoms with Crippen LogP contribution in [-0.4, -0.2) is 46.9 Å². The van der Waals surface area contributed by atoms with Crippen molar-refractivity contribution in [1.82, 2.24) is 5.32 Å². The summed E-state index contributed by atoms with van der Waals surface area (Å²) in [7, 11) is 0. The summed E-state index contributed by atoms with van der Waals surface area (Å²) in [6.45, 7) is 6.13. The lowest BCUT2D eigenvalue weighted by Gasteiger charge is -2.24. The molecule has 0 rings (SSSR count). The molecule has 0 aromatic carbocycles. The van der Waals surface area contributed by atoms with Crippen molar-refractivity contribution in [3.05, 3.63) is 134 Å². The van der Waals surface area contributed by atoms with Crippen LogP contribution in [0.4, 0.5) is 0 Å². The number of rotatable bonds is 40. The molecule has 0 heterocycles. The van der Waals surface area contributed by atoms with Gasteiger partial charge < -0.3 is 20.3 Å². The van der Waals surface area contributed by atoms with Gasteiger partial charge in [0, 0.05) is 6.42 Å². The molecule has 61 heavy (non-hydrogen) atoms. The smallest absolute Gasteiger partial charge is 0.306 e. The Morgan fingerprint density at radius 3 is 1.36 bits per heavy atom. The lowest BCUT2D eigenvalue weighted by molar-refractivity contribution is -0.151. The topological polar surface area (TPSA) is 95.9 Å². The lowest BCUT2D eigenvalue weighted by atomic mass is 10.0. The standard InChI is InChI=1S/C55H87NO5/c1-4-7-10-13-16-19-22-25-27-29-31-34-37-40-43-46-51(61-55(60)48-45-42-39-36-33-30-28-26-23-20-17-14-11-8-5-2)49-54(59)56-52(50-57)53(58)47-44-41-38-35-32-24-21-18-15-12-9-6-3/h7-8,10-11,13-14,16-17,19-20,22-23,25-31,33-34,37,51-53,57-58H,4-6,9,12,15,18,21,24,32,35-36,38-50H2,1-3H3,(H,56,59)/b10-7-,11-8+,16-13+,17-14+,22-19+,23-20-,27-25-,28-26-,31-29+,33-30+,37-34+. The zero-order valence-corrected chi connectivity index (χ0v) is 38.7. The maximum absolute atomic E-state index is 13.2. The van der Waals surface area contributed by atoms with Gasteiger partial charge in [0.05, 0.1) is 25.2 Å². The molecule has 0 bridgehead atoms. The third-order valence-electron chi connectivity index (χ3n) is 10.0. The Bertz CT molecular complexity index is 1360. The molecule has 6 heteroatoms. The minimum atomic E-state index is -0.824. The van der Waals surface area contributed by atoms with Crippen molar-refractivity contribution in [1.29, 1.82) is 0 Å². The van der Waals surface area contributed by atoms with E-state index < -0.39 is 18.2 Å². The average Bonchev–Trinajstić information content (AvgIpc) is 3.25. The van der Waals surface area contributed by atoms with Crippen LogP contribution in [0.15, 0.2) is 134 Å². The molecule has 0 saturated heterocycles. The molecule has 342 valence electrons. The van der Waals surface area contributed by atoms with Crippen LogP contribution >= 0.6 is 0 Å². The summed E-state index contributed by atoms with van der Waals surface area (Å²) in [6.07, 6.45) is 66.5. The van der Waals surface area contributed by atoms with E-state index in [0.29, 0.717) is 19.3 Å². The Morgan fingerprint density at radius 2 is 0.902 bits per heavy atom.